The second-order valence-electron chi connectivity index (χ2n) is 2.30. The van der Waals surface area contributed by atoms with Crippen molar-refractivity contribution in [3.63, 3.8) is 0 Å². The number of allylic oxidation sites excluding steroid dienone is 1. The number of benzene rings is 1. The Hall–Kier alpha value is 0.466. The molecule has 0 heterocycles. The van der Waals surface area contributed by atoms with Crippen molar-refractivity contribution in [2.45, 2.75) is 0.515 Å². The van der Waals surface area contributed by atoms with Crippen molar-refractivity contribution < 1.29 is 17.5 Å². The zero-order valence-electron chi connectivity index (χ0n) is 8.57. The van der Waals surface area contributed by atoms with Gasteiger partial charge >= 0.3 is 72.5 Å². The first-order valence-corrected chi connectivity index (χ1v) is 7.83. The number of hydrogen-bond acceptors (Lipinski definition) is 2. The Morgan fingerprint density at radius 2 is 1.20 bits per heavy atom. The summed E-state index contributed by atoms with van der Waals surface area (Å²) in [6.45, 7) is 3.53. The zero-order chi connectivity index (χ0) is 12.2. The molecule has 0 aliphatic carbocycles. The summed E-state index contributed by atoms with van der Waals surface area (Å²) in [5, 5.41) is 0. The van der Waals surface area contributed by atoms with Gasteiger partial charge in [0.25, 0.3) is 0 Å². The molecule has 1 aromatic rings. The van der Waals surface area contributed by atoms with E-state index in [0.29, 0.717) is 0 Å². The van der Waals surface area contributed by atoms with Crippen LogP contribution in [-0.4, -0.2) is 66.5 Å². The van der Waals surface area contributed by atoms with Crippen LogP contribution in [0.1, 0.15) is 0 Å². The van der Waals surface area contributed by atoms with E-state index in [0.717, 1.165) is 49.0 Å². The van der Waals surface area contributed by atoms with Crippen LogP contribution in [0.15, 0.2) is 49.1 Å². The predicted molar refractivity (Wildman–Crippen MR) is 61.4 cm³/mol. The summed E-state index contributed by atoms with van der Waals surface area (Å²) in [7, 11) is -4.67. The van der Waals surface area contributed by atoms with Crippen LogP contribution in [0.25, 0.3) is 0 Å². The first kappa shape index (κ1) is 17.8. The average Bonchev–Trinajstić information content (AvgIpc) is 2.18. The average molecular weight is 256 g/mol. The first-order chi connectivity index (χ1) is 6.91. The zero-order valence-corrected chi connectivity index (χ0v) is 12.5. The SMILES string of the molecule is C=C[CH2][K].O=S(=O)(O)O.c1ccccc1. The van der Waals surface area contributed by atoms with Crippen molar-refractivity contribution in [3.05, 3.63) is 49.1 Å². The van der Waals surface area contributed by atoms with Gasteiger partial charge in [0.1, 0.15) is 0 Å². The molecule has 6 heteroatoms. The van der Waals surface area contributed by atoms with Crippen molar-refractivity contribution in [1.29, 1.82) is 0 Å². The van der Waals surface area contributed by atoms with Gasteiger partial charge < -0.3 is 0 Å². The summed E-state index contributed by atoms with van der Waals surface area (Å²) >= 11 is 0.995. The van der Waals surface area contributed by atoms with E-state index in [9.17, 15) is 0 Å². The minimum atomic E-state index is -4.67. The van der Waals surface area contributed by atoms with E-state index in [1.165, 1.54) is 0.515 Å². The molecule has 1 rings (SSSR count). The Bertz CT molecular complexity index is 289. The van der Waals surface area contributed by atoms with Crippen molar-refractivity contribution in [2.24, 2.45) is 0 Å². The van der Waals surface area contributed by atoms with E-state index in [4.69, 9.17) is 17.5 Å². The molecule has 2 N–H and O–H groups in total. The molecule has 80 valence electrons. The molecule has 0 saturated heterocycles. The quantitative estimate of drug-likeness (QED) is 0.456. The summed E-state index contributed by atoms with van der Waals surface area (Å²) in [6.07, 6.45) is 1.96. The Labute approximate surface area is 125 Å². The number of rotatable bonds is 1. The van der Waals surface area contributed by atoms with Gasteiger partial charge in [-0.1, -0.05) is 36.4 Å². The van der Waals surface area contributed by atoms with Crippen molar-refractivity contribution in [1.82, 2.24) is 0 Å². The molecule has 0 bridgehead atoms. The predicted octanol–water partition coefficient (Wildman–Crippen LogP) is 1.79. The molecule has 0 aliphatic heterocycles. The normalized spacial score (nSPS) is 8.80. The largest absolute Gasteiger partial charge is 0.394 e. The van der Waals surface area contributed by atoms with Crippen LogP contribution >= 0.6 is 0 Å². The first-order valence-electron chi connectivity index (χ1n) is 4.22. The van der Waals surface area contributed by atoms with E-state index in [1.54, 1.807) is 0 Å². The molecule has 0 atom stereocenters. The van der Waals surface area contributed by atoms with Gasteiger partial charge in [-0.3, -0.25) is 9.11 Å². The van der Waals surface area contributed by atoms with Crippen LogP contribution in [0, 0.1) is 0 Å². The molecule has 0 fully saturated rings. The molecule has 0 amide bonds. The molecule has 0 aromatic heterocycles. The van der Waals surface area contributed by atoms with Crippen molar-refractivity contribution >= 4 is 59.4 Å². The Kier molecular flexibility index (Phi) is 14.9. The van der Waals surface area contributed by atoms with Crippen LogP contribution in [0.5, 0.6) is 0 Å². The monoisotopic (exact) mass is 256 g/mol. The van der Waals surface area contributed by atoms with Gasteiger partial charge in [0.2, 0.25) is 0 Å². The summed E-state index contributed by atoms with van der Waals surface area (Å²) in [5.41, 5.74) is 0. The van der Waals surface area contributed by atoms with Gasteiger partial charge in [-0.05, 0) is 0 Å². The second-order valence-corrected chi connectivity index (χ2v) is 4.47. The summed E-state index contributed by atoms with van der Waals surface area (Å²) in [6, 6.07) is 12.0. The van der Waals surface area contributed by atoms with E-state index in [-0.39, 0.29) is 0 Å². The minimum Gasteiger partial charge on any atom is -0.264 e. The van der Waals surface area contributed by atoms with Crippen molar-refractivity contribution in [3.8, 4) is 0 Å². The second kappa shape index (κ2) is 12.5. The van der Waals surface area contributed by atoms with E-state index < -0.39 is 10.4 Å². The molecular formula is C9H13KO4S. The van der Waals surface area contributed by atoms with Crippen molar-refractivity contribution in [2.75, 3.05) is 0 Å². The third-order valence-corrected chi connectivity index (χ3v) is 1.86. The van der Waals surface area contributed by atoms with Crippen LogP contribution in [0.3, 0.4) is 0 Å². The fraction of sp³-hybridized carbons (Fsp3) is 0.111. The van der Waals surface area contributed by atoms with Crippen LogP contribution in [0.2, 0.25) is 0.515 Å². The molecule has 15 heavy (non-hydrogen) atoms. The van der Waals surface area contributed by atoms with Gasteiger partial charge in [-0.25, -0.2) is 0 Å². The Balaban J connectivity index is 0. The summed E-state index contributed by atoms with van der Waals surface area (Å²) in [5.74, 6) is 0. The van der Waals surface area contributed by atoms with Crippen LogP contribution in [0.4, 0.5) is 0 Å². The van der Waals surface area contributed by atoms with Gasteiger partial charge in [0, 0.05) is 0 Å². The molecule has 0 radical (unpaired) electrons. The maximum atomic E-state index is 8.74. The molecule has 0 aliphatic rings. The van der Waals surface area contributed by atoms with E-state index >= 15 is 0 Å². The fourth-order valence-corrected chi connectivity index (χ4v) is 0.385. The van der Waals surface area contributed by atoms with Gasteiger partial charge in [0.05, 0.1) is 0 Å². The molecule has 1 aromatic carbocycles. The van der Waals surface area contributed by atoms with Gasteiger partial charge in [-0.2, -0.15) is 8.42 Å². The van der Waals surface area contributed by atoms with Crippen LogP contribution in [-0.2, 0) is 10.4 Å². The molecule has 0 spiro atoms. The standard InChI is InChI=1S/C6H6.C3H5.K.H2O4S/c1-2-4-6-5-3-1;1-3-2;;1-5(2,3)4/h1-6H;3H,1-2H2;;(H2,1,2,3,4). The third kappa shape index (κ3) is 40.3. The summed E-state index contributed by atoms with van der Waals surface area (Å²) in [4.78, 5) is 0. The maximum Gasteiger partial charge on any atom is 0.394 e. The minimum absolute atomic E-state index is 0.995. The molecular weight excluding hydrogens is 243 g/mol. The molecule has 4 nitrogen and oxygen atoms in total. The fourth-order valence-electron chi connectivity index (χ4n) is 0.385. The van der Waals surface area contributed by atoms with E-state index in [1.807, 2.05) is 42.5 Å². The van der Waals surface area contributed by atoms with Gasteiger partial charge in [-0.15, -0.1) is 0 Å². The summed E-state index contributed by atoms with van der Waals surface area (Å²) < 4.78 is 32.9. The van der Waals surface area contributed by atoms with Crippen LogP contribution < -0.4 is 0 Å². The smallest absolute Gasteiger partial charge is 0.264 e. The van der Waals surface area contributed by atoms with E-state index in [2.05, 4.69) is 6.58 Å². The Morgan fingerprint density at radius 3 is 1.27 bits per heavy atom. The molecule has 0 saturated carbocycles. The number of hydrogen-bond donors (Lipinski definition) is 2. The topological polar surface area (TPSA) is 74.6 Å². The Morgan fingerprint density at radius 1 is 1.07 bits per heavy atom. The van der Waals surface area contributed by atoms with Gasteiger partial charge in [0.15, 0.2) is 0 Å². The molecule has 0 unspecified atom stereocenters. The maximum absolute atomic E-state index is 8.74. The third-order valence-electron chi connectivity index (χ3n) is 0.955.